The molecule has 0 spiro atoms. The molecule has 0 aliphatic rings. The lowest BCUT2D eigenvalue weighted by Crippen LogP contribution is -2.38. The van der Waals surface area contributed by atoms with E-state index in [-0.39, 0.29) is 0 Å². The van der Waals surface area contributed by atoms with E-state index in [0.29, 0.717) is 5.01 Å². The van der Waals surface area contributed by atoms with Gasteiger partial charge in [-0.1, -0.05) is 11.6 Å². The Balaban J connectivity index is 4.26. The third kappa shape index (κ3) is 2.71. The van der Waals surface area contributed by atoms with Crippen molar-refractivity contribution in [3.63, 3.8) is 0 Å². The highest BCUT2D eigenvalue weighted by molar-refractivity contribution is 6.20. The van der Waals surface area contributed by atoms with Gasteiger partial charge in [0.2, 0.25) is 0 Å². The van der Waals surface area contributed by atoms with Gasteiger partial charge in [-0.2, -0.15) is 5.01 Å². The van der Waals surface area contributed by atoms with Crippen molar-refractivity contribution in [1.82, 2.24) is 9.91 Å². The molecule has 5 nitrogen and oxygen atoms in total. The SMILES string of the molecule is CC(Cl)N(N=O)C(=O)N(C)C. The second kappa shape index (κ2) is 4.12. The Labute approximate surface area is 69.8 Å². The van der Waals surface area contributed by atoms with Gasteiger partial charge in [-0.05, 0) is 6.92 Å². The Kier molecular flexibility index (Phi) is 3.81. The van der Waals surface area contributed by atoms with Crippen molar-refractivity contribution in [1.29, 1.82) is 0 Å². The first kappa shape index (κ1) is 10.2. The van der Waals surface area contributed by atoms with Crippen molar-refractivity contribution >= 4 is 17.6 Å². The second-order valence-electron chi connectivity index (χ2n) is 2.18. The van der Waals surface area contributed by atoms with Crippen LogP contribution < -0.4 is 0 Å². The largest absolute Gasteiger partial charge is 0.343 e. The van der Waals surface area contributed by atoms with Crippen LogP contribution in [0.5, 0.6) is 0 Å². The van der Waals surface area contributed by atoms with Gasteiger partial charge in [-0.25, -0.2) is 4.79 Å². The third-order valence-electron chi connectivity index (χ3n) is 1.00. The first-order valence-electron chi connectivity index (χ1n) is 2.98. The van der Waals surface area contributed by atoms with Crippen LogP contribution in [0, 0.1) is 4.91 Å². The summed E-state index contributed by atoms with van der Waals surface area (Å²) in [6.07, 6.45) is 0. The highest BCUT2D eigenvalue weighted by Gasteiger charge is 2.20. The molecule has 0 aromatic rings. The molecule has 0 rings (SSSR count). The zero-order valence-electron chi connectivity index (χ0n) is 6.61. The molecule has 0 saturated carbocycles. The van der Waals surface area contributed by atoms with Gasteiger partial charge in [-0.15, -0.1) is 4.91 Å². The number of hydrogen-bond donors (Lipinski definition) is 0. The van der Waals surface area contributed by atoms with Crippen molar-refractivity contribution < 1.29 is 4.79 Å². The van der Waals surface area contributed by atoms with Crippen LogP contribution in [0.25, 0.3) is 0 Å². The molecule has 0 fully saturated rings. The summed E-state index contributed by atoms with van der Waals surface area (Å²) in [5, 5.41) is 3.12. The standard InChI is InChI=1S/C5H10ClN3O2/c1-4(6)9(7-11)5(10)8(2)3/h4H,1-3H3. The Morgan fingerprint density at radius 1 is 1.55 bits per heavy atom. The molecule has 0 saturated heterocycles. The van der Waals surface area contributed by atoms with Crippen LogP contribution in [0.2, 0.25) is 0 Å². The predicted molar refractivity (Wildman–Crippen MR) is 42.0 cm³/mol. The number of nitroso groups, excluding NO2 is 1. The fraction of sp³-hybridized carbons (Fsp3) is 0.800. The fourth-order valence-corrected chi connectivity index (χ4v) is 0.576. The van der Waals surface area contributed by atoms with Crippen molar-refractivity contribution in [2.24, 2.45) is 5.29 Å². The van der Waals surface area contributed by atoms with Gasteiger partial charge in [0.25, 0.3) is 0 Å². The van der Waals surface area contributed by atoms with Gasteiger partial charge in [0.05, 0.1) is 5.29 Å². The molecule has 1 atom stereocenters. The lowest BCUT2D eigenvalue weighted by Gasteiger charge is -2.19. The molecule has 0 bridgehead atoms. The van der Waals surface area contributed by atoms with Crippen LogP contribution in [-0.2, 0) is 0 Å². The number of hydrogen-bond acceptors (Lipinski definition) is 3. The molecule has 0 aliphatic heterocycles. The summed E-state index contributed by atoms with van der Waals surface area (Å²) in [5.41, 5.74) is -0.720. The van der Waals surface area contributed by atoms with Crippen LogP contribution in [0.4, 0.5) is 4.79 Å². The maximum absolute atomic E-state index is 11.0. The predicted octanol–water partition coefficient (Wildman–Crippen LogP) is 1.24. The molecule has 0 heterocycles. The monoisotopic (exact) mass is 179 g/mol. The summed E-state index contributed by atoms with van der Waals surface area (Å²) in [6, 6.07) is -0.525. The zero-order valence-corrected chi connectivity index (χ0v) is 7.37. The van der Waals surface area contributed by atoms with Gasteiger partial charge in [0.1, 0.15) is 5.50 Å². The fourth-order valence-electron chi connectivity index (χ4n) is 0.457. The molecule has 6 heteroatoms. The average molecular weight is 180 g/mol. The van der Waals surface area contributed by atoms with E-state index >= 15 is 0 Å². The number of alkyl halides is 1. The summed E-state index contributed by atoms with van der Waals surface area (Å²) in [6.45, 7) is 1.49. The highest BCUT2D eigenvalue weighted by atomic mass is 35.5. The molecule has 11 heavy (non-hydrogen) atoms. The van der Waals surface area contributed by atoms with Gasteiger partial charge >= 0.3 is 6.03 Å². The first-order chi connectivity index (χ1) is 5.00. The molecular formula is C5H10ClN3O2. The second-order valence-corrected chi connectivity index (χ2v) is 2.81. The van der Waals surface area contributed by atoms with E-state index in [1.54, 1.807) is 0 Å². The molecule has 0 N–H and O–H groups in total. The van der Waals surface area contributed by atoms with Gasteiger partial charge < -0.3 is 4.90 Å². The molecule has 0 radical (unpaired) electrons. The summed E-state index contributed by atoms with van der Waals surface area (Å²) >= 11 is 5.47. The van der Waals surface area contributed by atoms with Crippen LogP contribution >= 0.6 is 11.6 Å². The third-order valence-corrected chi connectivity index (χ3v) is 1.19. The number of halogens is 1. The minimum Gasteiger partial charge on any atom is -0.329 e. The lowest BCUT2D eigenvalue weighted by molar-refractivity contribution is 0.169. The Bertz CT molecular complexity index is 160. The molecule has 2 amide bonds. The molecule has 0 aliphatic carbocycles. The van der Waals surface area contributed by atoms with Crippen molar-refractivity contribution in [3.05, 3.63) is 4.91 Å². The molecule has 1 unspecified atom stereocenters. The van der Waals surface area contributed by atoms with Gasteiger partial charge in [-0.3, -0.25) is 0 Å². The van der Waals surface area contributed by atoms with Crippen LogP contribution in [-0.4, -0.2) is 35.5 Å². The van der Waals surface area contributed by atoms with E-state index in [9.17, 15) is 9.70 Å². The Hall–Kier alpha value is -0.840. The Morgan fingerprint density at radius 2 is 2.00 bits per heavy atom. The number of carbonyl (C=O) groups is 1. The zero-order chi connectivity index (χ0) is 9.02. The number of amides is 2. The van der Waals surface area contributed by atoms with E-state index in [2.05, 4.69) is 5.29 Å². The van der Waals surface area contributed by atoms with E-state index in [1.165, 1.54) is 25.9 Å². The Morgan fingerprint density at radius 3 is 2.09 bits per heavy atom. The van der Waals surface area contributed by atoms with E-state index in [4.69, 9.17) is 11.6 Å². The van der Waals surface area contributed by atoms with Gasteiger partial charge in [0, 0.05) is 14.1 Å². The molecule has 64 valence electrons. The number of nitrogens with zero attached hydrogens (tertiary/aromatic N) is 3. The molecular weight excluding hydrogens is 170 g/mol. The number of urea groups is 1. The normalized spacial score (nSPS) is 12.0. The van der Waals surface area contributed by atoms with E-state index in [1.807, 2.05) is 0 Å². The quantitative estimate of drug-likeness (QED) is 0.277. The smallest absolute Gasteiger partial charge is 0.329 e. The van der Waals surface area contributed by atoms with Crippen LogP contribution in [0.1, 0.15) is 6.92 Å². The number of carbonyl (C=O) groups excluding carboxylic acids is 1. The van der Waals surface area contributed by atoms with Gasteiger partial charge in [0.15, 0.2) is 0 Å². The maximum atomic E-state index is 11.0. The summed E-state index contributed by atoms with van der Waals surface area (Å²) in [7, 11) is 3.03. The lowest BCUT2D eigenvalue weighted by atomic mass is 10.6. The highest BCUT2D eigenvalue weighted by Crippen LogP contribution is 2.06. The van der Waals surface area contributed by atoms with Crippen molar-refractivity contribution in [2.75, 3.05) is 14.1 Å². The average Bonchev–Trinajstić information content (AvgIpc) is 1.88. The van der Waals surface area contributed by atoms with Crippen LogP contribution in [0.15, 0.2) is 5.29 Å². The molecule has 0 aromatic heterocycles. The van der Waals surface area contributed by atoms with E-state index in [0.717, 1.165) is 0 Å². The first-order valence-corrected chi connectivity index (χ1v) is 3.42. The van der Waals surface area contributed by atoms with Crippen molar-refractivity contribution in [3.8, 4) is 0 Å². The topological polar surface area (TPSA) is 53.0 Å². The minimum absolute atomic E-state index is 0.525. The van der Waals surface area contributed by atoms with Crippen molar-refractivity contribution in [2.45, 2.75) is 12.4 Å². The van der Waals surface area contributed by atoms with E-state index < -0.39 is 11.5 Å². The number of rotatable bonds is 2. The minimum atomic E-state index is -0.720. The molecule has 0 aromatic carbocycles. The summed E-state index contributed by atoms with van der Waals surface area (Å²) in [4.78, 5) is 22.2. The maximum Gasteiger partial charge on any atom is 0.343 e. The summed E-state index contributed by atoms with van der Waals surface area (Å²) in [5.74, 6) is 0. The summed E-state index contributed by atoms with van der Waals surface area (Å²) < 4.78 is 0. The van der Waals surface area contributed by atoms with Crippen LogP contribution in [0.3, 0.4) is 0 Å².